The number of nitrogens with zero attached hydrogens (tertiary/aromatic N) is 2. The third-order valence-corrected chi connectivity index (χ3v) is 7.29. The Morgan fingerprint density at radius 2 is 1.55 bits per heavy atom. The third-order valence-electron chi connectivity index (χ3n) is 6.98. The lowest BCUT2D eigenvalue weighted by Crippen LogP contribution is -2.55. The van der Waals surface area contributed by atoms with Gasteiger partial charge in [-0.1, -0.05) is 30.5 Å². The van der Waals surface area contributed by atoms with Crippen LogP contribution in [0.2, 0.25) is 5.02 Å². The van der Waals surface area contributed by atoms with Gasteiger partial charge in [0.2, 0.25) is 5.91 Å². The molecule has 0 radical (unpaired) electrons. The quantitative estimate of drug-likeness (QED) is 0.676. The molecule has 2 aliphatic heterocycles. The van der Waals surface area contributed by atoms with Gasteiger partial charge in [-0.2, -0.15) is 0 Å². The lowest BCUT2D eigenvalue weighted by Gasteiger charge is -2.40. The van der Waals surface area contributed by atoms with E-state index in [-0.39, 0.29) is 22.4 Å². The Morgan fingerprint density at radius 1 is 0.879 bits per heavy atom. The van der Waals surface area contributed by atoms with Gasteiger partial charge in [-0.3, -0.25) is 9.59 Å². The number of hydrogen-bond acceptors (Lipinski definition) is 4. The smallest absolute Gasteiger partial charge is 0.255 e. The summed E-state index contributed by atoms with van der Waals surface area (Å²) in [6.45, 7) is 2.77. The molecule has 0 bridgehead atoms. The first kappa shape index (κ1) is 22.0. The van der Waals surface area contributed by atoms with Gasteiger partial charge < -0.3 is 19.3 Å². The van der Waals surface area contributed by atoms with Crippen molar-refractivity contribution in [3.05, 3.63) is 58.4 Å². The minimum atomic E-state index is -0.567. The Morgan fingerprint density at radius 3 is 2.24 bits per heavy atom. The molecule has 2 fully saturated rings. The van der Waals surface area contributed by atoms with Crippen LogP contribution in [-0.4, -0.2) is 61.0 Å². The van der Waals surface area contributed by atoms with Crippen LogP contribution in [0.15, 0.2) is 36.4 Å². The number of carbonyl (C=O) groups is 2. The number of benzene rings is 2. The average molecular weight is 473 g/mol. The first-order chi connectivity index (χ1) is 16.0. The fraction of sp³-hybridized carbons (Fsp3) is 0.440. The first-order valence-electron chi connectivity index (χ1n) is 11.4. The minimum Gasteiger partial charge on any atom is -0.486 e. The van der Waals surface area contributed by atoms with E-state index in [2.05, 4.69) is 0 Å². The number of amides is 2. The highest BCUT2D eigenvalue weighted by atomic mass is 35.5. The molecule has 5 rings (SSSR count). The van der Waals surface area contributed by atoms with Crippen molar-refractivity contribution in [3.63, 3.8) is 0 Å². The predicted molar refractivity (Wildman–Crippen MR) is 121 cm³/mol. The molecule has 0 unspecified atom stereocenters. The predicted octanol–water partition coefficient (Wildman–Crippen LogP) is 4.05. The lowest BCUT2D eigenvalue weighted by molar-refractivity contribution is -0.138. The summed E-state index contributed by atoms with van der Waals surface area (Å²) in [6.07, 6.45) is 3.61. The van der Waals surface area contributed by atoms with E-state index in [0.717, 1.165) is 43.1 Å². The van der Waals surface area contributed by atoms with Crippen LogP contribution in [0.1, 0.15) is 41.6 Å². The van der Waals surface area contributed by atoms with Crippen molar-refractivity contribution in [1.29, 1.82) is 0 Å². The highest BCUT2D eigenvalue weighted by Gasteiger charge is 2.46. The maximum atomic E-state index is 13.8. The molecule has 0 atom stereocenters. The van der Waals surface area contributed by atoms with Crippen molar-refractivity contribution in [2.45, 2.75) is 31.1 Å². The summed E-state index contributed by atoms with van der Waals surface area (Å²) in [6, 6.07) is 9.65. The Balaban J connectivity index is 1.31. The molecule has 2 aromatic rings. The summed E-state index contributed by atoms with van der Waals surface area (Å²) < 4.78 is 24.8. The maximum Gasteiger partial charge on any atom is 0.255 e. The van der Waals surface area contributed by atoms with Crippen molar-refractivity contribution in [2.75, 3.05) is 39.4 Å². The Kier molecular flexibility index (Phi) is 5.91. The largest absolute Gasteiger partial charge is 0.486 e. The van der Waals surface area contributed by atoms with Gasteiger partial charge in [0.25, 0.3) is 5.91 Å². The van der Waals surface area contributed by atoms with Gasteiger partial charge in [-0.05, 0) is 48.7 Å². The Labute approximate surface area is 197 Å². The molecule has 2 aromatic carbocycles. The summed E-state index contributed by atoms with van der Waals surface area (Å²) >= 11 is 6.07. The van der Waals surface area contributed by atoms with Crippen LogP contribution in [0.5, 0.6) is 11.5 Å². The number of hydrogen-bond donors (Lipinski definition) is 0. The Hall–Kier alpha value is -2.80. The van der Waals surface area contributed by atoms with Crippen molar-refractivity contribution < 1.29 is 23.5 Å². The average Bonchev–Trinajstić information content (AvgIpc) is 3.34. The van der Waals surface area contributed by atoms with E-state index in [1.165, 1.54) is 12.1 Å². The van der Waals surface area contributed by atoms with Crippen molar-refractivity contribution in [1.82, 2.24) is 9.80 Å². The summed E-state index contributed by atoms with van der Waals surface area (Å²) in [7, 11) is 0. The molecule has 3 aliphatic rings. The van der Waals surface area contributed by atoms with Crippen LogP contribution in [0.4, 0.5) is 4.39 Å². The van der Waals surface area contributed by atoms with Gasteiger partial charge in [-0.25, -0.2) is 4.39 Å². The second-order valence-corrected chi connectivity index (χ2v) is 9.26. The zero-order chi connectivity index (χ0) is 23.0. The molecule has 1 aliphatic carbocycles. The van der Waals surface area contributed by atoms with E-state index in [0.29, 0.717) is 45.1 Å². The second kappa shape index (κ2) is 8.86. The maximum absolute atomic E-state index is 13.8. The molecular weight excluding hydrogens is 447 g/mol. The van der Waals surface area contributed by atoms with Gasteiger partial charge in [0.05, 0.1) is 16.0 Å². The Bertz CT molecular complexity index is 1080. The zero-order valence-corrected chi connectivity index (χ0v) is 19.1. The zero-order valence-electron chi connectivity index (χ0n) is 18.3. The molecule has 0 N–H and O–H groups in total. The molecule has 1 saturated carbocycles. The van der Waals surface area contributed by atoms with Crippen LogP contribution >= 0.6 is 11.6 Å². The normalized spacial score (nSPS) is 19.5. The van der Waals surface area contributed by atoms with E-state index >= 15 is 0 Å². The van der Waals surface area contributed by atoms with Crippen LogP contribution in [-0.2, 0) is 10.2 Å². The number of fused-ring (bicyclic) bond motifs is 1. The summed E-state index contributed by atoms with van der Waals surface area (Å²) in [5, 5.41) is 0.0991. The van der Waals surface area contributed by atoms with E-state index in [1.807, 2.05) is 23.1 Å². The van der Waals surface area contributed by atoms with Crippen LogP contribution in [0, 0.1) is 5.82 Å². The molecule has 2 heterocycles. The van der Waals surface area contributed by atoms with E-state index < -0.39 is 11.2 Å². The van der Waals surface area contributed by atoms with Crippen LogP contribution < -0.4 is 9.47 Å². The van der Waals surface area contributed by atoms with Crippen molar-refractivity contribution >= 4 is 23.4 Å². The number of piperazine rings is 1. The molecule has 0 aromatic heterocycles. The van der Waals surface area contributed by atoms with Gasteiger partial charge >= 0.3 is 0 Å². The fourth-order valence-corrected chi connectivity index (χ4v) is 5.44. The van der Waals surface area contributed by atoms with Crippen molar-refractivity contribution in [2.24, 2.45) is 0 Å². The van der Waals surface area contributed by atoms with Crippen LogP contribution in [0.25, 0.3) is 0 Å². The van der Waals surface area contributed by atoms with Crippen LogP contribution in [0.3, 0.4) is 0 Å². The van der Waals surface area contributed by atoms with Gasteiger partial charge in [-0.15, -0.1) is 0 Å². The number of halogens is 2. The SMILES string of the molecule is O=C(c1ccc(F)cc1Cl)N1CCN(C(=O)C2(c3ccc4c(c3)OCCO4)CCCC2)CC1. The van der Waals surface area contributed by atoms with Gasteiger partial charge in [0, 0.05) is 26.2 Å². The molecule has 0 spiro atoms. The molecule has 1 saturated heterocycles. The molecule has 2 amide bonds. The molecule has 33 heavy (non-hydrogen) atoms. The molecular formula is C25H26ClFN2O4. The highest BCUT2D eigenvalue weighted by Crippen LogP contribution is 2.45. The fourth-order valence-electron chi connectivity index (χ4n) is 5.19. The van der Waals surface area contributed by atoms with E-state index in [1.54, 1.807) is 4.90 Å². The van der Waals surface area contributed by atoms with E-state index in [9.17, 15) is 14.0 Å². The molecule has 8 heteroatoms. The monoisotopic (exact) mass is 472 g/mol. The molecule has 6 nitrogen and oxygen atoms in total. The number of carbonyl (C=O) groups excluding carboxylic acids is 2. The number of rotatable bonds is 3. The lowest BCUT2D eigenvalue weighted by atomic mass is 9.77. The minimum absolute atomic E-state index is 0.0991. The standard InChI is InChI=1S/C25H26ClFN2O4/c26-20-16-18(27)4-5-19(20)23(30)28-9-11-29(12-10-28)24(31)25(7-1-2-8-25)17-3-6-21-22(15-17)33-14-13-32-21/h3-6,15-16H,1-2,7-14H2. The van der Waals surface area contributed by atoms with Crippen molar-refractivity contribution in [3.8, 4) is 11.5 Å². The first-order valence-corrected chi connectivity index (χ1v) is 11.8. The third kappa shape index (κ3) is 4.03. The summed E-state index contributed by atoms with van der Waals surface area (Å²) in [5.41, 5.74) is 0.690. The molecule has 174 valence electrons. The second-order valence-electron chi connectivity index (χ2n) is 8.86. The van der Waals surface area contributed by atoms with E-state index in [4.69, 9.17) is 21.1 Å². The highest BCUT2D eigenvalue weighted by molar-refractivity contribution is 6.33. The summed E-state index contributed by atoms with van der Waals surface area (Å²) in [4.78, 5) is 30.2. The number of ether oxygens (including phenoxy) is 2. The topological polar surface area (TPSA) is 59.1 Å². The summed E-state index contributed by atoms with van der Waals surface area (Å²) in [5.74, 6) is 0.813. The van der Waals surface area contributed by atoms with Gasteiger partial charge in [0.15, 0.2) is 11.5 Å². The van der Waals surface area contributed by atoms with Gasteiger partial charge in [0.1, 0.15) is 19.0 Å².